The Bertz CT molecular complexity index is 1850. The predicted molar refractivity (Wildman–Crippen MR) is 158 cm³/mol. The summed E-state index contributed by atoms with van der Waals surface area (Å²) in [6.07, 6.45) is 8.71. The fourth-order valence-electron chi connectivity index (χ4n) is 6.08. The average molecular weight is 455 g/mol. The molecule has 8 aromatic rings. The molecule has 0 nitrogen and oxygen atoms in total. The van der Waals surface area contributed by atoms with Gasteiger partial charge >= 0.3 is 0 Å². The lowest BCUT2D eigenvalue weighted by molar-refractivity contribution is 1.73. The van der Waals surface area contributed by atoms with Crippen molar-refractivity contribution < 1.29 is 0 Å². The summed E-state index contributed by atoms with van der Waals surface area (Å²) >= 11 is 0. The van der Waals surface area contributed by atoms with Crippen LogP contribution in [0.2, 0.25) is 0 Å². The summed E-state index contributed by atoms with van der Waals surface area (Å²) in [6.45, 7) is 0. The molecule has 0 saturated carbocycles. The molecule has 0 fully saturated rings. The minimum absolute atomic E-state index is 1.22. The van der Waals surface area contributed by atoms with E-state index in [1.54, 1.807) is 0 Å². The molecule has 0 N–H and O–H groups in total. The molecule has 0 amide bonds. The molecule has 0 unspecified atom stereocenters. The zero-order chi connectivity index (χ0) is 23.6. The molecule has 0 aliphatic rings. The highest BCUT2D eigenvalue weighted by atomic mass is 14.1. The van der Waals surface area contributed by atoms with Crippen molar-refractivity contribution in [3.63, 3.8) is 0 Å². The van der Waals surface area contributed by atoms with Crippen LogP contribution in [-0.4, -0.2) is 0 Å². The van der Waals surface area contributed by atoms with Gasteiger partial charge in [0.15, 0.2) is 0 Å². The molecule has 0 heteroatoms. The fraction of sp³-hybridized carbons (Fsp3) is 0. The largest absolute Gasteiger partial charge is 0.0617 e. The van der Waals surface area contributed by atoms with Crippen LogP contribution in [-0.2, 0) is 0 Å². The number of hydrogen-bond donors (Lipinski definition) is 0. The van der Waals surface area contributed by atoms with E-state index in [1.165, 1.54) is 75.8 Å². The molecule has 0 aromatic heterocycles. The first-order valence-corrected chi connectivity index (χ1v) is 12.5. The standard InChI is InChI=1S/C36H22/c1(5-23-19-29-15-11-25-7-3-8-26-12-16-30(20-23)35(29)33(25)26)2-6-24-21-31-17-13-27-9-4-10-28-14-18-32(22-24)36(31)34(27)28/h1-22H. The normalized spacial score (nSPS) is 12.8. The zero-order valence-electron chi connectivity index (χ0n) is 19.7. The van der Waals surface area contributed by atoms with E-state index in [4.69, 9.17) is 0 Å². The maximum absolute atomic E-state index is 2.30. The van der Waals surface area contributed by atoms with Gasteiger partial charge in [0.2, 0.25) is 0 Å². The van der Waals surface area contributed by atoms with Crippen LogP contribution < -0.4 is 0 Å². The third-order valence-electron chi connectivity index (χ3n) is 7.66. The number of benzene rings is 8. The van der Waals surface area contributed by atoms with Crippen LogP contribution in [0, 0.1) is 0 Å². The highest BCUT2D eigenvalue weighted by molar-refractivity contribution is 6.24. The molecule has 36 heavy (non-hydrogen) atoms. The maximum Gasteiger partial charge on any atom is -0.00264 e. The number of allylic oxidation sites excluding steroid dienone is 2. The number of hydrogen-bond acceptors (Lipinski definition) is 0. The minimum Gasteiger partial charge on any atom is -0.0617 e. The molecule has 0 spiro atoms. The van der Waals surface area contributed by atoms with E-state index in [-0.39, 0.29) is 0 Å². The molecule has 0 radical (unpaired) electrons. The third kappa shape index (κ3) is 2.88. The number of rotatable bonds is 3. The summed E-state index contributed by atoms with van der Waals surface area (Å²) in [5.74, 6) is 0. The molecule has 0 aliphatic carbocycles. The lowest BCUT2D eigenvalue weighted by Crippen LogP contribution is -1.85. The Labute approximate surface area is 209 Å². The Morgan fingerprint density at radius 2 is 0.583 bits per heavy atom. The van der Waals surface area contributed by atoms with E-state index in [0.717, 1.165) is 0 Å². The van der Waals surface area contributed by atoms with Crippen LogP contribution in [0.1, 0.15) is 11.1 Å². The predicted octanol–water partition coefficient (Wildman–Crippen LogP) is 10.2. The molecule has 0 saturated heterocycles. The fourth-order valence-corrected chi connectivity index (χ4v) is 6.08. The van der Waals surface area contributed by atoms with Crippen molar-refractivity contribution in [1.29, 1.82) is 0 Å². The Morgan fingerprint density at radius 3 is 0.917 bits per heavy atom. The molecule has 8 rings (SSSR count). The molecule has 0 bridgehead atoms. The minimum atomic E-state index is 1.22. The highest BCUT2D eigenvalue weighted by Gasteiger charge is 2.09. The van der Waals surface area contributed by atoms with Gasteiger partial charge in [0.05, 0.1) is 0 Å². The van der Waals surface area contributed by atoms with Gasteiger partial charge in [-0.25, -0.2) is 0 Å². The van der Waals surface area contributed by atoms with Crippen molar-refractivity contribution in [3.8, 4) is 0 Å². The van der Waals surface area contributed by atoms with E-state index in [1.807, 2.05) is 0 Å². The first-order chi connectivity index (χ1) is 17.8. The van der Waals surface area contributed by atoms with Gasteiger partial charge in [-0.15, -0.1) is 0 Å². The second-order valence-corrected chi connectivity index (χ2v) is 9.82. The SMILES string of the molecule is C(C=Cc1cc2ccc3cccc4ccc(c1)c2c34)=Cc1cc2ccc3cccc4ccc(c1)c2c34. The van der Waals surface area contributed by atoms with Gasteiger partial charge in [0, 0.05) is 0 Å². The average Bonchev–Trinajstić information content (AvgIpc) is 2.92. The molecule has 8 aromatic carbocycles. The van der Waals surface area contributed by atoms with Gasteiger partial charge in [0.25, 0.3) is 0 Å². The van der Waals surface area contributed by atoms with Crippen LogP contribution in [0.25, 0.3) is 76.8 Å². The summed E-state index contributed by atoms with van der Waals surface area (Å²) in [5, 5.41) is 15.9. The molecule has 166 valence electrons. The van der Waals surface area contributed by atoms with Crippen LogP contribution in [0.15, 0.2) is 121 Å². The van der Waals surface area contributed by atoms with Crippen LogP contribution in [0.3, 0.4) is 0 Å². The van der Waals surface area contributed by atoms with Crippen LogP contribution in [0.5, 0.6) is 0 Å². The van der Waals surface area contributed by atoms with Gasteiger partial charge in [-0.2, -0.15) is 0 Å². The van der Waals surface area contributed by atoms with E-state index in [0.29, 0.717) is 0 Å². The summed E-state index contributed by atoms with van der Waals surface area (Å²) < 4.78 is 0. The first kappa shape index (κ1) is 19.6. The monoisotopic (exact) mass is 454 g/mol. The van der Waals surface area contributed by atoms with Crippen molar-refractivity contribution in [2.75, 3.05) is 0 Å². The van der Waals surface area contributed by atoms with Crippen molar-refractivity contribution in [1.82, 2.24) is 0 Å². The second kappa shape index (κ2) is 7.41. The van der Waals surface area contributed by atoms with Crippen molar-refractivity contribution >= 4 is 76.8 Å². The molecular weight excluding hydrogens is 432 g/mol. The third-order valence-corrected chi connectivity index (χ3v) is 7.66. The lowest BCUT2D eigenvalue weighted by Gasteiger charge is -2.11. The molecule has 0 aliphatic heterocycles. The Kier molecular flexibility index (Phi) is 4.03. The highest BCUT2D eigenvalue weighted by Crippen LogP contribution is 2.36. The summed E-state index contributed by atoms with van der Waals surface area (Å²) in [7, 11) is 0. The summed E-state index contributed by atoms with van der Waals surface area (Å²) in [6, 6.07) is 40.3. The van der Waals surface area contributed by atoms with E-state index >= 15 is 0 Å². The Balaban J connectivity index is 1.16. The Hall–Kier alpha value is -4.68. The van der Waals surface area contributed by atoms with E-state index < -0.39 is 0 Å². The van der Waals surface area contributed by atoms with Crippen molar-refractivity contribution in [2.45, 2.75) is 0 Å². The van der Waals surface area contributed by atoms with E-state index in [9.17, 15) is 0 Å². The van der Waals surface area contributed by atoms with Gasteiger partial charge in [0.1, 0.15) is 0 Å². The smallest absolute Gasteiger partial charge is 0.00264 e. The van der Waals surface area contributed by atoms with Crippen LogP contribution >= 0.6 is 0 Å². The van der Waals surface area contributed by atoms with Crippen LogP contribution in [0.4, 0.5) is 0 Å². The van der Waals surface area contributed by atoms with Gasteiger partial charge in [-0.05, 0) is 100 Å². The molecule has 0 atom stereocenters. The first-order valence-electron chi connectivity index (χ1n) is 12.5. The van der Waals surface area contributed by atoms with Crippen molar-refractivity contribution in [3.05, 3.63) is 132 Å². The quantitative estimate of drug-likeness (QED) is 0.184. The molecule has 0 heterocycles. The topological polar surface area (TPSA) is 0 Å². The lowest BCUT2D eigenvalue weighted by atomic mass is 9.92. The van der Waals surface area contributed by atoms with Crippen molar-refractivity contribution in [2.24, 2.45) is 0 Å². The molecular formula is C36H22. The summed E-state index contributed by atoms with van der Waals surface area (Å²) in [5.41, 5.74) is 2.45. The Morgan fingerprint density at radius 1 is 0.306 bits per heavy atom. The van der Waals surface area contributed by atoms with Gasteiger partial charge < -0.3 is 0 Å². The zero-order valence-corrected chi connectivity index (χ0v) is 19.7. The maximum atomic E-state index is 2.30. The van der Waals surface area contributed by atoms with Gasteiger partial charge in [-0.1, -0.05) is 109 Å². The van der Waals surface area contributed by atoms with E-state index in [2.05, 4.69) is 133 Å². The second-order valence-electron chi connectivity index (χ2n) is 9.82. The summed E-state index contributed by atoms with van der Waals surface area (Å²) in [4.78, 5) is 0. The van der Waals surface area contributed by atoms with Gasteiger partial charge in [-0.3, -0.25) is 0 Å².